The average Bonchev–Trinajstić information content (AvgIpc) is 2.35. The topological polar surface area (TPSA) is 17.8 Å². The van der Waals surface area contributed by atoms with E-state index in [1.54, 1.807) is 0 Å². The molecule has 2 nitrogen and oxygen atoms in total. The number of hydrogen-bond donors (Lipinski definition) is 0. The molecule has 0 aliphatic carbocycles. The molecule has 0 atom stereocenters. The molecule has 1 aromatic carbocycles. The number of nitrogens with zero attached hydrogens (tertiary/aromatic N) is 2. The summed E-state index contributed by atoms with van der Waals surface area (Å²) in [6, 6.07) is 3.94. The van der Waals surface area contributed by atoms with Crippen LogP contribution in [0.4, 0.5) is 0 Å². The molecule has 4 heteroatoms. The highest BCUT2D eigenvalue weighted by molar-refractivity contribution is 9.10. The fourth-order valence-corrected chi connectivity index (χ4v) is 2.11. The minimum atomic E-state index is 0.739. The number of hydrogen-bond acceptors (Lipinski definition) is 1. The maximum absolute atomic E-state index is 6.14. The SMILES string of the molecule is Cc1nn(C)c2ccc(Br)c(Cl)c12. The molecule has 1 aromatic heterocycles. The lowest BCUT2D eigenvalue weighted by Crippen LogP contribution is -1.88. The van der Waals surface area contributed by atoms with Gasteiger partial charge in [0.25, 0.3) is 0 Å². The smallest absolute Gasteiger partial charge is 0.0697 e. The quantitative estimate of drug-likeness (QED) is 0.710. The first-order valence-electron chi connectivity index (χ1n) is 3.88. The molecule has 0 saturated heterocycles. The van der Waals surface area contributed by atoms with Crippen LogP contribution in [0, 0.1) is 6.92 Å². The van der Waals surface area contributed by atoms with Crippen molar-refractivity contribution in [3.8, 4) is 0 Å². The second kappa shape index (κ2) is 3.00. The highest BCUT2D eigenvalue weighted by Crippen LogP contribution is 2.32. The van der Waals surface area contributed by atoms with Crippen molar-refractivity contribution in [1.82, 2.24) is 9.78 Å². The second-order valence-electron chi connectivity index (χ2n) is 2.96. The predicted molar refractivity (Wildman–Crippen MR) is 58.2 cm³/mol. The van der Waals surface area contributed by atoms with Crippen molar-refractivity contribution in [2.75, 3.05) is 0 Å². The normalized spacial score (nSPS) is 11.1. The van der Waals surface area contributed by atoms with Crippen LogP contribution >= 0.6 is 27.5 Å². The van der Waals surface area contributed by atoms with Gasteiger partial charge in [-0.1, -0.05) is 11.6 Å². The van der Waals surface area contributed by atoms with Gasteiger partial charge in [0.2, 0.25) is 0 Å². The van der Waals surface area contributed by atoms with Crippen LogP contribution in [-0.2, 0) is 7.05 Å². The van der Waals surface area contributed by atoms with Gasteiger partial charge in [-0.3, -0.25) is 4.68 Å². The average molecular weight is 260 g/mol. The molecule has 0 fully saturated rings. The van der Waals surface area contributed by atoms with Gasteiger partial charge < -0.3 is 0 Å². The summed E-state index contributed by atoms with van der Waals surface area (Å²) in [7, 11) is 1.92. The summed E-state index contributed by atoms with van der Waals surface area (Å²) in [5, 5.41) is 6.07. The van der Waals surface area contributed by atoms with Crippen LogP contribution < -0.4 is 0 Å². The Morgan fingerprint density at radius 3 is 2.85 bits per heavy atom. The van der Waals surface area contributed by atoms with E-state index in [1.165, 1.54) is 0 Å². The van der Waals surface area contributed by atoms with Crippen LogP contribution in [0.1, 0.15) is 5.69 Å². The van der Waals surface area contributed by atoms with Gasteiger partial charge in [-0.05, 0) is 35.0 Å². The third-order valence-electron chi connectivity index (χ3n) is 2.08. The number of aryl methyl sites for hydroxylation is 2. The Labute approximate surface area is 89.6 Å². The molecule has 1 heterocycles. The number of aromatic nitrogens is 2. The number of fused-ring (bicyclic) bond motifs is 1. The molecule has 0 N–H and O–H groups in total. The monoisotopic (exact) mass is 258 g/mol. The summed E-state index contributed by atoms with van der Waals surface area (Å²) >= 11 is 9.54. The van der Waals surface area contributed by atoms with Crippen LogP contribution in [-0.4, -0.2) is 9.78 Å². The lowest BCUT2D eigenvalue weighted by molar-refractivity contribution is 0.783. The van der Waals surface area contributed by atoms with Crippen molar-refractivity contribution in [2.45, 2.75) is 6.92 Å². The van der Waals surface area contributed by atoms with Crippen LogP contribution in [0.15, 0.2) is 16.6 Å². The van der Waals surface area contributed by atoms with Crippen molar-refractivity contribution in [3.05, 3.63) is 27.3 Å². The first-order chi connectivity index (χ1) is 6.11. The third-order valence-corrected chi connectivity index (χ3v) is 3.36. The molecule has 0 bridgehead atoms. The highest BCUT2D eigenvalue weighted by Gasteiger charge is 2.10. The number of halogens is 2. The van der Waals surface area contributed by atoms with Gasteiger partial charge in [0.15, 0.2) is 0 Å². The third kappa shape index (κ3) is 1.27. The maximum Gasteiger partial charge on any atom is 0.0697 e. The highest BCUT2D eigenvalue weighted by atomic mass is 79.9. The number of rotatable bonds is 0. The first-order valence-corrected chi connectivity index (χ1v) is 5.05. The fraction of sp³-hybridized carbons (Fsp3) is 0.222. The van der Waals surface area contributed by atoms with Crippen LogP contribution in [0.5, 0.6) is 0 Å². The van der Waals surface area contributed by atoms with Crippen molar-refractivity contribution >= 4 is 38.4 Å². The van der Waals surface area contributed by atoms with Gasteiger partial charge in [0, 0.05) is 16.9 Å². The van der Waals surface area contributed by atoms with Gasteiger partial charge in [-0.25, -0.2) is 0 Å². The molecule has 2 aromatic rings. The molecular weight excluding hydrogens is 251 g/mol. The van der Waals surface area contributed by atoms with Crippen LogP contribution in [0.25, 0.3) is 10.9 Å². The zero-order valence-corrected chi connectivity index (χ0v) is 9.65. The van der Waals surface area contributed by atoms with Crippen molar-refractivity contribution in [1.29, 1.82) is 0 Å². The van der Waals surface area contributed by atoms with E-state index in [0.717, 1.165) is 26.1 Å². The lowest BCUT2D eigenvalue weighted by atomic mass is 10.2. The Bertz CT molecular complexity index is 476. The Morgan fingerprint density at radius 1 is 1.46 bits per heavy atom. The molecule has 0 spiro atoms. The molecule has 0 radical (unpaired) electrons. The predicted octanol–water partition coefficient (Wildman–Crippen LogP) is 3.30. The minimum absolute atomic E-state index is 0.739. The van der Waals surface area contributed by atoms with E-state index in [-0.39, 0.29) is 0 Å². The summed E-state index contributed by atoms with van der Waals surface area (Å²) in [6.07, 6.45) is 0. The van der Waals surface area contributed by atoms with E-state index in [1.807, 2.05) is 30.8 Å². The van der Waals surface area contributed by atoms with Gasteiger partial charge >= 0.3 is 0 Å². The van der Waals surface area contributed by atoms with Crippen molar-refractivity contribution in [3.63, 3.8) is 0 Å². The summed E-state index contributed by atoms with van der Waals surface area (Å²) < 4.78 is 2.75. The van der Waals surface area contributed by atoms with E-state index in [0.29, 0.717) is 0 Å². The van der Waals surface area contributed by atoms with E-state index < -0.39 is 0 Å². The van der Waals surface area contributed by atoms with Gasteiger partial charge in [0.1, 0.15) is 0 Å². The van der Waals surface area contributed by atoms with Crippen LogP contribution in [0.2, 0.25) is 5.02 Å². The molecule has 2 rings (SSSR count). The molecule has 0 unspecified atom stereocenters. The summed E-state index contributed by atoms with van der Waals surface area (Å²) in [5.41, 5.74) is 2.02. The largest absolute Gasteiger partial charge is 0.268 e. The Kier molecular flexibility index (Phi) is 2.08. The summed E-state index contributed by atoms with van der Waals surface area (Å²) in [5.74, 6) is 0. The van der Waals surface area contributed by atoms with Gasteiger partial charge in [-0.15, -0.1) is 0 Å². The van der Waals surface area contributed by atoms with Crippen molar-refractivity contribution < 1.29 is 0 Å². The standard InChI is InChI=1S/C9H8BrClN2/c1-5-8-7(13(2)12-5)4-3-6(10)9(8)11/h3-4H,1-2H3. The van der Waals surface area contributed by atoms with Gasteiger partial charge in [0.05, 0.1) is 16.2 Å². The fourth-order valence-electron chi connectivity index (χ4n) is 1.48. The van der Waals surface area contributed by atoms with E-state index in [4.69, 9.17) is 11.6 Å². The van der Waals surface area contributed by atoms with Gasteiger partial charge in [-0.2, -0.15) is 5.10 Å². The Balaban J connectivity index is 2.98. The molecule has 0 amide bonds. The minimum Gasteiger partial charge on any atom is -0.268 e. The Hall–Kier alpha value is -0.540. The lowest BCUT2D eigenvalue weighted by Gasteiger charge is -1.98. The molecular formula is C9H8BrClN2. The first kappa shape index (κ1) is 9.03. The molecule has 68 valence electrons. The molecule has 0 aliphatic heterocycles. The summed E-state index contributed by atoms with van der Waals surface area (Å²) in [4.78, 5) is 0. The van der Waals surface area contributed by atoms with E-state index in [9.17, 15) is 0 Å². The molecule has 0 aliphatic rings. The van der Waals surface area contributed by atoms with Crippen molar-refractivity contribution in [2.24, 2.45) is 7.05 Å². The maximum atomic E-state index is 6.14. The summed E-state index contributed by atoms with van der Waals surface area (Å²) in [6.45, 7) is 1.96. The second-order valence-corrected chi connectivity index (χ2v) is 4.20. The van der Waals surface area contributed by atoms with E-state index >= 15 is 0 Å². The van der Waals surface area contributed by atoms with E-state index in [2.05, 4.69) is 21.0 Å². The zero-order chi connectivity index (χ0) is 9.59. The zero-order valence-electron chi connectivity index (χ0n) is 7.31. The molecule has 0 saturated carbocycles. The number of benzene rings is 1. The van der Waals surface area contributed by atoms with Crippen LogP contribution in [0.3, 0.4) is 0 Å². The Morgan fingerprint density at radius 2 is 2.15 bits per heavy atom. The molecule has 13 heavy (non-hydrogen) atoms.